The van der Waals surface area contributed by atoms with Gasteiger partial charge in [-0.05, 0) is 48.9 Å². The molecule has 0 saturated carbocycles. The van der Waals surface area contributed by atoms with Crippen LogP contribution in [0.5, 0.6) is 11.5 Å². The van der Waals surface area contributed by atoms with Crippen molar-refractivity contribution in [3.8, 4) is 11.5 Å². The van der Waals surface area contributed by atoms with E-state index in [0.717, 1.165) is 30.9 Å². The first-order chi connectivity index (χ1) is 12.2. The van der Waals surface area contributed by atoms with Crippen molar-refractivity contribution in [2.45, 2.75) is 6.42 Å². The number of amides is 1. The summed E-state index contributed by atoms with van der Waals surface area (Å²) in [6.45, 7) is 1.57. The third kappa shape index (κ3) is 5.39. The van der Waals surface area contributed by atoms with Gasteiger partial charge in [-0.15, -0.1) is 0 Å². The maximum absolute atomic E-state index is 12.4. The second kappa shape index (κ2) is 9.54. The van der Waals surface area contributed by atoms with E-state index in [1.54, 1.807) is 32.4 Å². The summed E-state index contributed by atoms with van der Waals surface area (Å²) >= 11 is 0. The molecule has 0 spiro atoms. The Morgan fingerprint density at radius 3 is 2.24 bits per heavy atom. The normalized spacial score (nSPS) is 10.2. The van der Waals surface area contributed by atoms with E-state index >= 15 is 0 Å². The van der Waals surface area contributed by atoms with Crippen LogP contribution in [0.15, 0.2) is 42.5 Å². The number of benzene rings is 2. The van der Waals surface area contributed by atoms with Gasteiger partial charge in [-0.25, -0.2) is 0 Å². The highest BCUT2D eigenvalue weighted by Gasteiger charge is 2.11. The summed E-state index contributed by atoms with van der Waals surface area (Å²) in [5.41, 5.74) is 2.22. The van der Waals surface area contributed by atoms with Gasteiger partial charge in [0.25, 0.3) is 5.91 Å². The predicted octanol–water partition coefficient (Wildman–Crippen LogP) is 3.40. The lowest BCUT2D eigenvalue weighted by atomic mass is 10.1. The Kier molecular flexibility index (Phi) is 7.10. The number of carbonyl (C=O) groups excluding carboxylic acids is 1. The highest BCUT2D eigenvalue weighted by molar-refractivity contribution is 6.04. The lowest BCUT2D eigenvalue weighted by Crippen LogP contribution is -2.12. The van der Waals surface area contributed by atoms with Crippen molar-refractivity contribution < 1.29 is 19.0 Å². The molecular weight excluding hydrogens is 320 g/mol. The number of ether oxygens (including phenoxy) is 3. The lowest BCUT2D eigenvalue weighted by Gasteiger charge is -2.11. The van der Waals surface area contributed by atoms with E-state index in [2.05, 4.69) is 10.6 Å². The van der Waals surface area contributed by atoms with Gasteiger partial charge < -0.3 is 24.8 Å². The average molecular weight is 344 g/mol. The summed E-state index contributed by atoms with van der Waals surface area (Å²) in [6.07, 6.45) is 0.939. The molecule has 6 nitrogen and oxygen atoms in total. The first-order valence-corrected chi connectivity index (χ1v) is 8.04. The Bertz CT molecular complexity index is 686. The van der Waals surface area contributed by atoms with Crippen molar-refractivity contribution in [1.82, 2.24) is 0 Å². The monoisotopic (exact) mass is 344 g/mol. The number of nitrogens with one attached hydrogen (secondary N) is 2. The molecule has 0 aromatic heterocycles. The SMILES string of the molecule is COCCCNc1ccc(NC(=O)c2ccc(OC)c(OC)c2)cc1. The van der Waals surface area contributed by atoms with E-state index in [9.17, 15) is 4.79 Å². The minimum atomic E-state index is -0.207. The maximum atomic E-state index is 12.4. The third-order valence-electron chi connectivity index (χ3n) is 3.64. The van der Waals surface area contributed by atoms with Gasteiger partial charge in [0.15, 0.2) is 11.5 Å². The van der Waals surface area contributed by atoms with Crippen molar-refractivity contribution in [1.29, 1.82) is 0 Å². The smallest absolute Gasteiger partial charge is 0.255 e. The minimum absolute atomic E-state index is 0.207. The number of hydrogen-bond donors (Lipinski definition) is 2. The van der Waals surface area contributed by atoms with E-state index in [-0.39, 0.29) is 5.91 Å². The minimum Gasteiger partial charge on any atom is -0.493 e. The van der Waals surface area contributed by atoms with Crippen LogP contribution in [0, 0.1) is 0 Å². The fraction of sp³-hybridized carbons (Fsp3) is 0.316. The Balaban J connectivity index is 1.96. The topological polar surface area (TPSA) is 68.8 Å². The zero-order valence-corrected chi connectivity index (χ0v) is 14.8. The molecule has 0 bridgehead atoms. The lowest BCUT2D eigenvalue weighted by molar-refractivity contribution is 0.102. The van der Waals surface area contributed by atoms with Gasteiger partial charge in [-0.2, -0.15) is 0 Å². The van der Waals surface area contributed by atoms with Gasteiger partial charge in [0.2, 0.25) is 0 Å². The summed E-state index contributed by atoms with van der Waals surface area (Å²) in [7, 11) is 4.79. The Morgan fingerprint density at radius 2 is 1.60 bits per heavy atom. The van der Waals surface area contributed by atoms with Crippen LogP contribution in [-0.2, 0) is 4.74 Å². The van der Waals surface area contributed by atoms with Crippen LogP contribution >= 0.6 is 0 Å². The highest BCUT2D eigenvalue weighted by Crippen LogP contribution is 2.28. The van der Waals surface area contributed by atoms with Crippen molar-refractivity contribution in [3.05, 3.63) is 48.0 Å². The quantitative estimate of drug-likeness (QED) is 0.682. The number of carbonyl (C=O) groups is 1. The van der Waals surface area contributed by atoms with Crippen LogP contribution in [0.2, 0.25) is 0 Å². The average Bonchev–Trinajstić information content (AvgIpc) is 2.65. The van der Waals surface area contributed by atoms with Crippen molar-refractivity contribution >= 4 is 17.3 Å². The summed E-state index contributed by atoms with van der Waals surface area (Å²) in [5, 5.41) is 6.16. The zero-order valence-electron chi connectivity index (χ0n) is 14.8. The molecule has 0 aliphatic carbocycles. The zero-order chi connectivity index (χ0) is 18.1. The molecule has 0 atom stereocenters. The molecule has 0 aliphatic rings. The van der Waals surface area contributed by atoms with E-state index in [1.165, 1.54) is 7.11 Å². The van der Waals surface area contributed by atoms with Crippen LogP contribution in [0.1, 0.15) is 16.8 Å². The van der Waals surface area contributed by atoms with Crippen LogP contribution in [0.25, 0.3) is 0 Å². The summed E-state index contributed by atoms with van der Waals surface area (Å²) in [4.78, 5) is 12.4. The van der Waals surface area contributed by atoms with E-state index in [4.69, 9.17) is 14.2 Å². The van der Waals surface area contributed by atoms with E-state index < -0.39 is 0 Å². The number of methoxy groups -OCH3 is 3. The molecule has 0 radical (unpaired) electrons. The van der Waals surface area contributed by atoms with E-state index in [1.807, 2.05) is 24.3 Å². The number of rotatable bonds is 9. The van der Waals surface area contributed by atoms with Crippen molar-refractivity contribution in [2.24, 2.45) is 0 Å². The Labute approximate surface area is 148 Å². The summed E-state index contributed by atoms with van der Waals surface area (Å²) in [5.74, 6) is 0.899. The van der Waals surface area contributed by atoms with Crippen LogP contribution < -0.4 is 20.1 Å². The molecule has 0 fully saturated rings. The molecular formula is C19H24N2O4. The fourth-order valence-corrected chi connectivity index (χ4v) is 2.30. The molecule has 0 saturated heterocycles. The molecule has 0 heterocycles. The van der Waals surface area contributed by atoms with E-state index in [0.29, 0.717) is 17.1 Å². The predicted molar refractivity (Wildman–Crippen MR) is 98.9 cm³/mol. The van der Waals surface area contributed by atoms with Crippen LogP contribution in [0.4, 0.5) is 11.4 Å². The molecule has 2 aromatic carbocycles. The number of hydrogen-bond acceptors (Lipinski definition) is 5. The van der Waals surface area contributed by atoms with Gasteiger partial charge in [0.1, 0.15) is 0 Å². The van der Waals surface area contributed by atoms with Gasteiger partial charge in [-0.3, -0.25) is 4.79 Å². The van der Waals surface area contributed by atoms with Crippen LogP contribution in [-0.4, -0.2) is 40.4 Å². The third-order valence-corrected chi connectivity index (χ3v) is 3.64. The van der Waals surface area contributed by atoms with Crippen molar-refractivity contribution in [2.75, 3.05) is 45.1 Å². The Hall–Kier alpha value is -2.73. The highest BCUT2D eigenvalue weighted by atomic mass is 16.5. The van der Waals surface area contributed by atoms with Crippen LogP contribution in [0.3, 0.4) is 0 Å². The first kappa shape index (κ1) is 18.6. The molecule has 2 N–H and O–H groups in total. The van der Waals surface area contributed by atoms with Gasteiger partial charge in [-0.1, -0.05) is 0 Å². The van der Waals surface area contributed by atoms with Gasteiger partial charge in [0, 0.05) is 37.2 Å². The molecule has 0 aliphatic heterocycles. The molecule has 25 heavy (non-hydrogen) atoms. The summed E-state index contributed by atoms with van der Waals surface area (Å²) < 4.78 is 15.4. The van der Waals surface area contributed by atoms with Gasteiger partial charge in [0.05, 0.1) is 14.2 Å². The molecule has 2 aromatic rings. The van der Waals surface area contributed by atoms with Gasteiger partial charge >= 0.3 is 0 Å². The number of anilines is 2. The molecule has 6 heteroatoms. The molecule has 134 valence electrons. The molecule has 2 rings (SSSR count). The Morgan fingerprint density at radius 1 is 0.920 bits per heavy atom. The second-order valence-electron chi connectivity index (χ2n) is 5.37. The largest absolute Gasteiger partial charge is 0.493 e. The first-order valence-electron chi connectivity index (χ1n) is 8.04. The van der Waals surface area contributed by atoms with Crippen molar-refractivity contribution in [3.63, 3.8) is 0 Å². The summed E-state index contributed by atoms with van der Waals surface area (Å²) in [6, 6.07) is 12.6. The molecule has 0 unspecified atom stereocenters. The standard InChI is InChI=1S/C19H24N2O4/c1-23-12-4-11-20-15-6-8-16(9-7-15)21-19(22)14-5-10-17(24-2)18(13-14)25-3/h5-10,13,20H,4,11-12H2,1-3H3,(H,21,22). The maximum Gasteiger partial charge on any atom is 0.255 e. The fourth-order valence-electron chi connectivity index (χ4n) is 2.30. The second-order valence-corrected chi connectivity index (χ2v) is 5.37. The molecule has 1 amide bonds.